The molecule has 0 aromatic heterocycles. The molecule has 1 aromatic carbocycles. The summed E-state index contributed by atoms with van der Waals surface area (Å²) < 4.78 is 0. The monoisotopic (exact) mass is 275 g/mol. The average Bonchev–Trinajstić information content (AvgIpc) is 2.40. The van der Waals surface area contributed by atoms with Gasteiger partial charge in [-0.2, -0.15) is 0 Å². The van der Waals surface area contributed by atoms with E-state index < -0.39 is 0 Å². The van der Waals surface area contributed by atoms with Crippen LogP contribution in [-0.4, -0.2) is 12.5 Å². The molecule has 1 amide bonds. The zero-order valence-corrected chi connectivity index (χ0v) is 13.4. The first-order chi connectivity index (χ1) is 9.57. The molecule has 1 aliphatic carbocycles. The van der Waals surface area contributed by atoms with E-state index in [2.05, 4.69) is 19.2 Å². The Bertz CT molecular complexity index is 393. The molecule has 0 heterocycles. The van der Waals surface area contributed by atoms with E-state index in [1.165, 1.54) is 12.8 Å². The van der Waals surface area contributed by atoms with Gasteiger partial charge in [-0.05, 0) is 36.2 Å². The van der Waals surface area contributed by atoms with Crippen molar-refractivity contribution in [3.63, 3.8) is 0 Å². The number of nitrogens with one attached hydrogen (secondary N) is 1. The Labute approximate surface area is 124 Å². The predicted molar refractivity (Wildman–Crippen MR) is 85.6 cm³/mol. The van der Waals surface area contributed by atoms with Crippen LogP contribution in [0.15, 0.2) is 30.3 Å². The van der Waals surface area contributed by atoms with Crippen LogP contribution in [0.5, 0.6) is 0 Å². The minimum atomic E-state index is 0.136. The molecule has 0 saturated heterocycles. The molecule has 1 aromatic rings. The van der Waals surface area contributed by atoms with Gasteiger partial charge in [0.25, 0.3) is 0 Å². The molecule has 1 aliphatic rings. The summed E-state index contributed by atoms with van der Waals surface area (Å²) in [5, 5.41) is 3.03. The highest BCUT2D eigenvalue weighted by Crippen LogP contribution is 2.47. The molecular formula is C18H29NO. The highest BCUT2D eigenvalue weighted by atomic mass is 16.1. The van der Waals surface area contributed by atoms with Crippen molar-refractivity contribution in [3.05, 3.63) is 35.9 Å². The molecular weight excluding hydrogens is 246 g/mol. The average molecular weight is 275 g/mol. The van der Waals surface area contributed by atoms with Crippen molar-refractivity contribution < 1.29 is 4.79 Å². The lowest BCUT2D eigenvalue weighted by molar-refractivity contribution is -0.120. The van der Waals surface area contributed by atoms with Gasteiger partial charge in [0, 0.05) is 6.54 Å². The number of rotatable bonds is 5. The molecule has 2 rings (SSSR count). The molecule has 2 nitrogen and oxygen atoms in total. The standard InChI is InChI=1S/C16H23NO.C2H6/c1-13-11-16(2,12-13)8-9-17-15(18)10-14-6-4-3-5-7-14;1-2/h3-7,13H,8-12H2,1-2H3,(H,17,18);1-2H3. The highest BCUT2D eigenvalue weighted by Gasteiger charge is 2.36. The van der Waals surface area contributed by atoms with Crippen LogP contribution < -0.4 is 5.32 Å². The molecule has 112 valence electrons. The van der Waals surface area contributed by atoms with E-state index in [-0.39, 0.29) is 5.91 Å². The molecule has 0 spiro atoms. The Morgan fingerprint density at radius 3 is 2.40 bits per heavy atom. The third-order valence-electron chi connectivity index (χ3n) is 3.94. The first-order valence-corrected chi connectivity index (χ1v) is 7.88. The van der Waals surface area contributed by atoms with Gasteiger partial charge in [-0.1, -0.05) is 58.0 Å². The normalized spacial score (nSPS) is 24.1. The third-order valence-corrected chi connectivity index (χ3v) is 3.94. The first-order valence-electron chi connectivity index (χ1n) is 7.88. The lowest BCUT2D eigenvalue weighted by atomic mass is 9.62. The van der Waals surface area contributed by atoms with Gasteiger partial charge in [0.15, 0.2) is 0 Å². The Morgan fingerprint density at radius 2 is 1.85 bits per heavy atom. The third kappa shape index (κ3) is 5.36. The van der Waals surface area contributed by atoms with E-state index in [1.807, 2.05) is 44.2 Å². The number of carbonyl (C=O) groups is 1. The number of hydrogen-bond donors (Lipinski definition) is 1. The second-order valence-corrected chi connectivity index (χ2v) is 6.09. The van der Waals surface area contributed by atoms with Crippen LogP contribution in [0.3, 0.4) is 0 Å². The zero-order valence-electron chi connectivity index (χ0n) is 13.4. The topological polar surface area (TPSA) is 29.1 Å². The fourth-order valence-corrected chi connectivity index (χ4v) is 3.17. The van der Waals surface area contributed by atoms with E-state index in [0.29, 0.717) is 11.8 Å². The van der Waals surface area contributed by atoms with Crippen molar-refractivity contribution in [3.8, 4) is 0 Å². The summed E-state index contributed by atoms with van der Waals surface area (Å²) in [7, 11) is 0. The summed E-state index contributed by atoms with van der Waals surface area (Å²) in [4.78, 5) is 11.8. The molecule has 0 bridgehead atoms. The van der Waals surface area contributed by atoms with Crippen LogP contribution in [0.25, 0.3) is 0 Å². The number of carbonyl (C=O) groups excluding carboxylic acids is 1. The maximum Gasteiger partial charge on any atom is 0.224 e. The van der Waals surface area contributed by atoms with Crippen molar-refractivity contribution in [1.82, 2.24) is 5.32 Å². The fraction of sp³-hybridized carbons (Fsp3) is 0.611. The summed E-state index contributed by atoms with van der Waals surface area (Å²) in [6.07, 6.45) is 4.22. The Kier molecular flexibility index (Phi) is 6.77. The van der Waals surface area contributed by atoms with Crippen LogP contribution >= 0.6 is 0 Å². The number of amides is 1. The lowest BCUT2D eigenvalue weighted by Crippen LogP contribution is -2.37. The van der Waals surface area contributed by atoms with Crippen molar-refractivity contribution in [2.24, 2.45) is 11.3 Å². The Morgan fingerprint density at radius 1 is 1.25 bits per heavy atom. The summed E-state index contributed by atoms with van der Waals surface area (Å²) in [5.74, 6) is 1.01. The molecule has 1 N–H and O–H groups in total. The lowest BCUT2D eigenvalue weighted by Gasteiger charge is -2.44. The second-order valence-electron chi connectivity index (χ2n) is 6.09. The largest absolute Gasteiger partial charge is 0.356 e. The smallest absolute Gasteiger partial charge is 0.224 e. The number of hydrogen-bond acceptors (Lipinski definition) is 1. The van der Waals surface area contributed by atoms with Crippen molar-refractivity contribution in [2.75, 3.05) is 6.54 Å². The minimum Gasteiger partial charge on any atom is -0.356 e. The van der Waals surface area contributed by atoms with Crippen molar-refractivity contribution >= 4 is 5.91 Å². The van der Waals surface area contributed by atoms with E-state index in [4.69, 9.17) is 0 Å². The van der Waals surface area contributed by atoms with Gasteiger partial charge in [-0.3, -0.25) is 4.79 Å². The molecule has 0 unspecified atom stereocenters. The van der Waals surface area contributed by atoms with Crippen molar-refractivity contribution in [1.29, 1.82) is 0 Å². The van der Waals surface area contributed by atoms with Crippen LogP contribution in [-0.2, 0) is 11.2 Å². The van der Waals surface area contributed by atoms with Crippen LogP contribution in [0.1, 0.15) is 52.5 Å². The second kappa shape index (κ2) is 8.08. The van der Waals surface area contributed by atoms with Gasteiger partial charge < -0.3 is 5.32 Å². The van der Waals surface area contributed by atoms with Gasteiger partial charge in [0.1, 0.15) is 0 Å². The van der Waals surface area contributed by atoms with E-state index >= 15 is 0 Å². The van der Waals surface area contributed by atoms with E-state index in [0.717, 1.165) is 24.4 Å². The van der Waals surface area contributed by atoms with Crippen molar-refractivity contribution in [2.45, 2.75) is 53.4 Å². The molecule has 0 aliphatic heterocycles. The highest BCUT2D eigenvalue weighted by molar-refractivity contribution is 5.78. The van der Waals surface area contributed by atoms with E-state index in [1.54, 1.807) is 0 Å². The van der Waals surface area contributed by atoms with Gasteiger partial charge in [-0.15, -0.1) is 0 Å². The SMILES string of the molecule is CC.CC1CC(C)(CCNC(=O)Cc2ccccc2)C1. The fourth-order valence-electron chi connectivity index (χ4n) is 3.17. The maximum absolute atomic E-state index is 11.8. The van der Waals surface area contributed by atoms with Crippen LogP contribution in [0.4, 0.5) is 0 Å². The number of benzene rings is 1. The summed E-state index contributed by atoms with van der Waals surface area (Å²) in [6, 6.07) is 9.90. The molecule has 2 heteroatoms. The molecule has 0 radical (unpaired) electrons. The zero-order chi connectivity index (χ0) is 15.0. The van der Waals surface area contributed by atoms with Crippen LogP contribution in [0.2, 0.25) is 0 Å². The van der Waals surface area contributed by atoms with Gasteiger partial charge in [-0.25, -0.2) is 0 Å². The first kappa shape index (κ1) is 16.7. The van der Waals surface area contributed by atoms with Gasteiger partial charge >= 0.3 is 0 Å². The van der Waals surface area contributed by atoms with Gasteiger partial charge in [0.05, 0.1) is 6.42 Å². The molecule has 20 heavy (non-hydrogen) atoms. The molecule has 1 saturated carbocycles. The van der Waals surface area contributed by atoms with Crippen LogP contribution in [0, 0.1) is 11.3 Å². The molecule has 1 fully saturated rings. The van der Waals surface area contributed by atoms with Gasteiger partial charge in [0.2, 0.25) is 5.91 Å². The Hall–Kier alpha value is -1.31. The quantitative estimate of drug-likeness (QED) is 0.857. The summed E-state index contributed by atoms with van der Waals surface area (Å²) >= 11 is 0. The maximum atomic E-state index is 11.8. The summed E-state index contributed by atoms with van der Waals surface area (Å²) in [5.41, 5.74) is 1.55. The molecule has 0 atom stereocenters. The Balaban J connectivity index is 0.000000956. The summed E-state index contributed by atoms with van der Waals surface area (Å²) in [6.45, 7) is 9.45. The predicted octanol–water partition coefficient (Wildman–Crippen LogP) is 4.20. The minimum absolute atomic E-state index is 0.136. The van der Waals surface area contributed by atoms with E-state index in [9.17, 15) is 4.79 Å².